The third kappa shape index (κ3) is 4.70. The summed E-state index contributed by atoms with van der Waals surface area (Å²) in [6.45, 7) is 4.42. The minimum absolute atomic E-state index is 0. The van der Waals surface area contributed by atoms with Crippen molar-refractivity contribution in [1.29, 1.82) is 0 Å². The average Bonchev–Trinajstić information content (AvgIpc) is 3.23. The largest absolute Gasteiger partial charge is 0.515 e. The Morgan fingerprint density at radius 3 is 2.43 bits per heavy atom. The van der Waals surface area contributed by atoms with Crippen LogP contribution in [0.2, 0.25) is 0 Å². The molecule has 0 saturated carbocycles. The summed E-state index contributed by atoms with van der Waals surface area (Å²) in [5.74, 6) is 1.56. The SMILES string of the molecule is CC(C)Cc1cc(-c2cccc(-n3c4ccccc4c4cccnc43)n2)[c-]c(-c2ccccc2O)c1.[Pt]. The van der Waals surface area contributed by atoms with Gasteiger partial charge in [0.05, 0.1) is 11.3 Å². The summed E-state index contributed by atoms with van der Waals surface area (Å²) in [5.41, 5.74) is 6.53. The number of nitrogens with zero attached hydrogens (tertiary/aromatic N) is 3. The maximum Gasteiger partial charge on any atom is 0.146 e. The van der Waals surface area contributed by atoms with Gasteiger partial charge in [-0.3, -0.25) is 9.55 Å². The number of para-hydroxylation sites is 2. The minimum atomic E-state index is 0. The van der Waals surface area contributed by atoms with Crippen molar-refractivity contribution in [2.75, 3.05) is 0 Å². The zero-order chi connectivity index (χ0) is 24.6. The molecule has 0 aliphatic rings. The van der Waals surface area contributed by atoms with Crippen LogP contribution in [0.3, 0.4) is 0 Å². The van der Waals surface area contributed by atoms with Gasteiger partial charge >= 0.3 is 0 Å². The number of aromatic hydroxyl groups is 1. The van der Waals surface area contributed by atoms with Crippen LogP contribution in [0.4, 0.5) is 0 Å². The fraction of sp³-hybridized carbons (Fsp3) is 0.125. The first-order valence-corrected chi connectivity index (χ1v) is 12.2. The van der Waals surface area contributed by atoms with Crippen molar-refractivity contribution < 1.29 is 26.2 Å². The Hall–Kier alpha value is -3.75. The van der Waals surface area contributed by atoms with Gasteiger partial charge in [0.25, 0.3) is 0 Å². The first kappa shape index (κ1) is 24.9. The Labute approximate surface area is 230 Å². The number of hydrogen-bond acceptors (Lipinski definition) is 3. The van der Waals surface area contributed by atoms with Crippen molar-refractivity contribution in [3.63, 3.8) is 0 Å². The Bertz CT molecular complexity index is 1670. The maximum atomic E-state index is 10.5. The van der Waals surface area contributed by atoms with Crippen LogP contribution >= 0.6 is 0 Å². The topological polar surface area (TPSA) is 50.9 Å². The molecule has 3 aromatic carbocycles. The quantitative estimate of drug-likeness (QED) is 0.193. The number of pyridine rings is 2. The smallest absolute Gasteiger partial charge is 0.146 e. The number of benzene rings is 3. The van der Waals surface area contributed by atoms with Gasteiger partial charge in [-0.1, -0.05) is 67.9 Å². The molecule has 0 saturated heterocycles. The molecule has 4 nitrogen and oxygen atoms in total. The molecule has 0 unspecified atom stereocenters. The standard InChI is InChI=1S/C32H26N3O.Pt/c1-21(2)17-22-18-23(25-9-4-6-14-30(25)36)20-24(19-22)28-12-7-15-31(34-28)35-29-13-5-3-10-26(29)27-11-8-16-33-32(27)35;/h3-16,18-19,21,36H,17H2,1-2H3;/q-1;. The molecular formula is C32H26N3OPt-. The predicted octanol–water partition coefficient (Wildman–Crippen LogP) is 7.61. The van der Waals surface area contributed by atoms with E-state index in [1.165, 1.54) is 5.56 Å². The monoisotopic (exact) mass is 663 g/mol. The van der Waals surface area contributed by atoms with Crippen molar-refractivity contribution in [3.8, 4) is 34.0 Å². The molecule has 0 spiro atoms. The molecule has 0 radical (unpaired) electrons. The van der Waals surface area contributed by atoms with E-state index in [2.05, 4.69) is 60.9 Å². The van der Waals surface area contributed by atoms with Crippen LogP contribution in [-0.2, 0) is 27.5 Å². The van der Waals surface area contributed by atoms with Crippen LogP contribution in [0.5, 0.6) is 5.75 Å². The minimum Gasteiger partial charge on any atom is -0.515 e. The molecular weight excluding hydrogens is 637 g/mol. The van der Waals surface area contributed by atoms with Crippen LogP contribution in [0.15, 0.2) is 97.2 Å². The van der Waals surface area contributed by atoms with E-state index >= 15 is 0 Å². The third-order valence-corrected chi connectivity index (χ3v) is 6.44. The van der Waals surface area contributed by atoms with E-state index in [1.54, 1.807) is 6.07 Å². The summed E-state index contributed by atoms with van der Waals surface area (Å²) >= 11 is 0. The summed E-state index contributed by atoms with van der Waals surface area (Å²) in [4.78, 5) is 9.79. The molecule has 0 bridgehead atoms. The number of aromatic nitrogens is 3. The fourth-order valence-electron chi connectivity index (χ4n) is 4.93. The third-order valence-electron chi connectivity index (χ3n) is 6.44. The first-order chi connectivity index (χ1) is 17.6. The van der Waals surface area contributed by atoms with Crippen molar-refractivity contribution >= 4 is 21.9 Å². The van der Waals surface area contributed by atoms with Gasteiger partial charge in [0, 0.05) is 43.7 Å². The van der Waals surface area contributed by atoms with Crippen LogP contribution in [0, 0.1) is 12.0 Å². The van der Waals surface area contributed by atoms with Gasteiger partial charge in [-0.25, -0.2) is 4.98 Å². The van der Waals surface area contributed by atoms with Gasteiger partial charge in [0.2, 0.25) is 0 Å². The fourth-order valence-corrected chi connectivity index (χ4v) is 4.93. The normalized spacial score (nSPS) is 11.2. The average molecular weight is 664 g/mol. The van der Waals surface area contributed by atoms with Crippen LogP contribution in [-0.4, -0.2) is 19.6 Å². The van der Waals surface area contributed by atoms with Gasteiger partial charge < -0.3 is 5.11 Å². The van der Waals surface area contributed by atoms with Crippen LogP contribution < -0.4 is 0 Å². The van der Waals surface area contributed by atoms with Crippen molar-refractivity contribution in [2.24, 2.45) is 5.92 Å². The van der Waals surface area contributed by atoms with Crippen molar-refractivity contribution in [2.45, 2.75) is 20.3 Å². The molecule has 0 aliphatic carbocycles. The summed E-state index contributed by atoms with van der Waals surface area (Å²) < 4.78 is 2.12. The molecule has 6 rings (SSSR count). The molecule has 1 N–H and O–H groups in total. The van der Waals surface area contributed by atoms with Gasteiger partial charge in [0.1, 0.15) is 11.5 Å². The van der Waals surface area contributed by atoms with E-state index in [0.29, 0.717) is 5.92 Å². The molecule has 186 valence electrons. The van der Waals surface area contributed by atoms with Gasteiger partial charge in [0.15, 0.2) is 0 Å². The van der Waals surface area contributed by atoms with Crippen LogP contribution in [0.1, 0.15) is 19.4 Å². The molecule has 37 heavy (non-hydrogen) atoms. The van der Waals surface area contributed by atoms with Crippen molar-refractivity contribution in [3.05, 3.63) is 109 Å². The number of hydrogen-bond donors (Lipinski definition) is 1. The summed E-state index contributed by atoms with van der Waals surface area (Å²) in [5, 5.41) is 12.8. The second kappa shape index (κ2) is 10.3. The zero-order valence-electron chi connectivity index (χ0n) is 20.6. The van der Waals surface area contributed by atoms with E-state index in [4.69, 9.17) is 9.97 Å². The maximum absolute atomic E-state index is 10.5. The Morgan fingerprint density at radius 2 is 1.59 bits per heavy atom. The molecule has 3 heterocycles. The van der Waals surface area contributed by atoms with E-state index in [1.807, 2.05) is 54.7 Å². The zero-order valence-corrected chi connectivity index (χ0v) is 22.9. The number of rotatable bonds is 5. The molecule has 0 atom stereocenters. The van der Waals surface area contributed by atoms with E-state index in [9.17, 15) is 5.11 Å². The van der Waals surface area contributed by atoms with E-state index < -0.39 is 0 Å². The van der Waals surface area contributed by atoms with Gasteiger partial charge in [-0.15, -0.1) is 29.3 Å². The molecule has 5 heteroatoms. The first-order valence-electron chi connectivity index (χ1n) is 12.2. The second-order valence-corrected chi connectivity index (χ2v) is 9.54. The summed E-state index contributed by atoms with van der Waals surface area (Å²) in [7, 11) is 0. The van der Waals surface area contributed by atoms with Crippen LogP contribution in [0.25, 0.3) is 50.1 Å². The van der Waals surface area contributed by atoms with Crippen molar-refractivity contribution in [1.82, 2.24) is 14.5 Å². The molecule has 0 aliphatic heterocycles. The molecule has 3 aromatic heterocycles. The predicted molar refractivity (Wildman–Crippen MR) is 146 cm³/mol. The molecule has 0 amide bonds. The summed E-state index contributed by atoms with van der Waals surface area (Å²) in [6.07, 6.45) is 2.75. The Morgan fingerprint density at radius 1 is 0.838 bits per heavy atom. The van der Waals surface area contributed by atoms with Gasteiger partial charge in [-0.2, -0.15) is 0 Å². The molecule has 6 aromatic rings. The Balaban J connectivity index is 0.00000280. The number of fused-ring (bicyclic) bond motifs is 3. The van der Waals surface area contributed by atoms with E-state index in [0.717, 1.165) is 56.6 Å². The van der Waals surface area contributed by atoms with E-state index in [-0.39, 0.29) is 26.8 Å². The molecule has 0 fully saturated rings. The number of phenolic OH excluding ortho intramolecular Hbond substituents is 1. The number of phenols is 1. The summed E-state index contributed by atoms with van der Waals surface area (Å²) in [6, 6.07) is 33.7. The second-order valence-electron chi connectivity index (χ2n) is 9.54. The Kier molecular flexibility index (Phi) is 6.95. The van der Waals surface area contributed by atoms with Gasteiger partial charge in [-0.05, 0) is 48.2 Å².